The van der Waals surface area contributed by atoms with Gasteiger partial charge in [-0.3, -0.25) is 0 Å². The van der Waals surface area contributed by atoms with Crippen LogP contribution in [-0.4, -0.2) is 0 Å². The highest BCUT2D eigenvalue weighted by Gasteiger charge is 2.30. The van der Waals surface area contributed by atoms with Crippen LogP contribution in [0.1, 0.15) is 12.0 Å². The van der Waals surface area contributed by atoms with Crippen LogP contribution in [0.25, 0.3) is 0 Å². The Bertz CT molecular complexity index is 324. The van der Waals surface area contributed by atoms with Crippen molar-refractivity contribution in [2.45, 2.75) is 12.3 Å². The number of alkyl halides is 2. The first kappa shape index (κ1) is 9.59. The molecular formula is C9H6F3N. The van der Waals surface area contributed by atoms with Gasteiger partial charge in [-0.25, -0.2) is 13.2 Å². The topological polar surface area (TPSA) is 23.8 Å². The summed E-state index contributed by atoms with van der Waals surface area (Å²) in [6.07, 6.45) is -0.890. The predicted molar refractivity (Wildman–Crippen MR) is 40.5 cm³/mol. The van der Waals surface area contributed by atoms with Gasteiger partial charge >= 0.3 is 0 Å². The molecule has 68 valence electrons. The number of halogens is 3. The molecule has 0 spiro atoms. The van der Waals surface area contributed by atoms with Gasteiger partial charge in [-0.2, -0.15) is 5.26 Å². The van der Waals surface area contributed by atoms with Crippen LogP contribution in [0.4, 0.5) is 13.2 Å². The van der Waals surface area contributed by atoms with Crippen LogP contribution in [0.5, 0.6) is 0 Å². The van der Waals surface area contributed by atoms with E-state index in [1.165, 1.54) is 6.07 Å². The van der Waals surface area contributed by atoms with Gasteiger partial charge in [-0.05, 0) is 12.1 Å². The monoisotopic (exact) mass is 185 g/mol. The zero-order valence-electron chi connectivity index (χ0n) is 6.60. The molecule has 0 saturated carbocycles. The number of hydrogen-bond acceptors (Lipinski definition) is 1. The second-order valence-corrected chi connectivity index (χ2v) is 2.55. The van der Waals surface area contributed by atoms with Crippen molar-refractivity contribution in [1.29, 1.82) is 5.26 Å². The fourth-order valence-corrected chi connectivity index (χ4v) is 0.895. The average Bonchev–Trinajstić information content (AvgIpc) is 2.05. The van der Waals surface area contributed by atoms with Gasteiger partial charge in [0, 0.05) is 5.56 Å². The number of nitriles is 1. The van der Waals surface area contributed by atoms with Crippen LogP contribution < -0.4 is 0 Å². The summed E-state index contributed by atoms with van der Waals surface area (Å²) in [5.41, 5.74) is -0.338. The Labute approximate surface area is 73.4 Å². The fraction of sp³-hybridized carbons (Fsp3) is 0.222. The quantitative estimate of drug-likeness (QED) is 0.694. The van der Waals surface area contributed by atoms with Gasteiger partial charge in [0.25, 0.3) is 5.92 Å². The highest BCUT2D eigenvalue weighted by Crippen LogP contribution is 2.30. The second kappa shape index (κ2) is 3.48. The standard InChI is InChI=1S/C9H6F3N/c10-8-3-1-7(2-4-8)9(11,12)5-6-13/h1-4H,5H2. The molecule has 0 fully saturated rings. The van der Waals surface area contributed by atoms with E-state index in [0.717, 1.165) is 24.3 Å². The predicted octanol–water partition coefficient (Wildman–Crippen LogP) is 2.83. The van der Waals surface area contributed by atoms with Crippen molar-refractivity contribution in [3.05, 3.63) is 35.6 Å². The Morgan fingerprint density at radius 3 is 2.23 bits per heavy atom. The molecule has 0 amide bonds. The lowest BCUT2D eigenvalue weighted by atomic mass is 10.1. The second-order valence-electron chi connectivity index (χ2n) is 2.55. The molecule has 0 radical (unpaired) electrons. The van der Waals surface area contributed by atoms with Crippen LogP contribution >= 0.6 is 0 Å². The Morgan fingerprint density at radius 1 is 1.23 bits per heavy atom. The minimum Gasteiger partial charge on any atom is -0.207 e. The van der Waals surface area contributed by atoms with Crippen LogP contribution in [0.15, 0.2) is 24.3 Å². The van der Waals surface area contributed by atoms with E-state index in [1.807, 2.05) is 0 Å². The summed E-state index contributed by atoms with van der Waals surface area (Å²) in [5.74, 6) is -3.76. The van der Waals surface area contributed by atoms with Crippen LogP contribution in [0.3, 0.4) is 0 Å². The van der Waals surface area contributed by atoms with E-state index in [2.05, 4.69) is 0 Å². The molecule has 0 saturated heterocycles. The molecule has 0 bridgehead atoms. The molecule has 1 rings (SSSR count). The lowest BCUT2D eigenvalue weighted by Gasteiger charge is -2.12. The van der Waals surface area contributed by atoms with Gasteiger partial charge in [0.1, 0.15) is 12.2 Å². The highest BCUT2D eigenvalue weighted by atomic mass is 19.3. The van der Waals surface area contributed by atoms with Gasteiger partial charge in [0.2, 0.25) is 0 Å². The first-order valence-electron chi connectivity index (χ1n) is 3.57. The van der Waals surface area contributed by atoms with E-state index < -0.39 is 18.2 Å². The van der Waals surface area contributed by atoms with Crippen LogP contribution in [0.2, 0.25) is 0 Å². The molecule has 1 nitrogen and oxygen atoms in total. The average molecular weight is 185 g/mol. The van der Waals surface area contributed by atoms with Crippen molar-refractivity contribution in [2.75, 3.05) is 0 Å². The van der Waals surface area contributed by atoms with Gasteiger partial charge < -0.3 is 0 Å². The SMILES string of the molecule is N#CCC(F)(F)c1ccc(F)cc1. The van der Waals surface area contributed by atoms with Crippen molar-refractivity contribution in [2.24, 2.45) is 0 Å². The maximum absolute atomic E-state index is 12.9. The normalized spacial score (nSPS) is 10.9. The van der Waals surface area contributed by atoms with E-state index in [9.17, 15) is 13.2 Å². The fourth-order valence-electron chi connectivity index (χ4n) is 0.895. The van der Waals surface area contributed by atoms with Gasteiger partial charge in [0.05, 0.1) is 6.07 Å². The summed E-state index contributed by atoms with van der Waals surface area (Å²) in [4.78, 5) is 0. The molecule has 0 unspecified atom stereocenters. The Morgan fingerprint density at radius 2 is 1.77 bits per heavy atom. The van der Waals surface area contributed by atoms with Crippen molar-refractivity contribution in [3.63, 3.8) is 0 Å². The Kier molecular flexibility index (Phi) is 2.57. The molecule has 0 aliphatic heterocycles. The van der Waals surface area contributed by atoms with Gasteiger partial charge in [0.15, 0.2) is 0 Å². The molecule has 0 atom stereocenters. The van der Waals surface area contributed by atoms with E-state index in [0.29, 0.717) is 0 Å². The van der Waals surface area contributed by atoms with Crippen molar-refractivity contribution >= 4 is 0 Å². The number of nitrogens with zero attached hydrogens (tertiary/aromatic N) is 1. The lowest BCUT2D eigenvalue weighted by Crippen LogP contribution is -2.11. The van der Waals surface area contributed by atoms with Gasteiger partial charge in [-0.15, -0.1) is 0 Å². The summed E-state index contributed by atoms with van der Waals surface area (Å²) in [7, 11) is 0. The number of hydrogen-bond donors (Lipinski definition) is 0. The molecule has 0 aliphatic rings. The van der Waals surface area contributed by atoms with Crippen molar-refractivity contribution < 1.29 is 13.2 Å². The summed E-state index contributed by atoms with van der Waals surface area (Å²) >= 11 is 0. The molecule has 0 N–H and O–H groups in total. The van der Waals surface area contributed by atoms with Crippen molar-refractivity contribution in [3.8, 4) is 6.07 Å². The van der Waals surface area contributed by atoms with Crippen LogP contribution in [-0.2, 0) is 5.92 Å². The molecule has 0 aliphatic carbocycles. The molecule has 0 aromatic heterocycles. The minimum atomic E-state index is -3.19. The lowest BCUT2D eigenvalue weighted by molar-refractivity contribution is 0.000896. The molecule has 4 heteroatoms. The summed E-state index contributed by atoms with van der Waals surface area (Å²) < 4.78 is 38.2. The van der Waals surface area contributed by atoms with Gasteiger partial charge in [-0.1, -0.05) is 12.1 Å². The smallest absolute Gasteiger partial charge is 0.207 e. The summed E-state index contributed by atoms with van der Waals surface area (Å²) in [6, 6.07) is 5.23. The summed E-state index contributed by atoms with van der Waals surface area (Å²) in [5, 5.41) is 8.11. The third-order valence-electron chi connectivity index (χ3n) is 1.57. The van der Waals surface area contributed by atoms with Crippen LogP contribution in [0, 0.1) is 17.1 Å². The maximum Gasteiger partial charge on any atom is 0.286 e. The Hall–Kier alpha value is -1.50. The first-order chi connectivity index (χ1) is 6.06. The number of benzene rings is 1. The third-order valence-corrected chi connectivity index (χ3v) is 1.57. The Balaban J connectivity index is 2.95. The third kappa shape index (κ3) is 2.22. The highest BCUT2D eigenvalue weighted by molar-refractivity contribution is 5.21. The van der Waals surface area contributed by atoms with E-state index in [4.69, 9.17) is 5.26 Å². The largest absolute Gasteiger partial charge is 0.286 e. The van der Waals surface area contributed by atoms with E-state index >= 15 is 0 Å². The molecule has 0 heterocycles. The van der Waals surface area contributed by atoms with Crippen molar-refractivity contribution in [1.82, 2.24) is 0 Å². The minimum absolute atomic E-state index is 0.338. The molecule has 1 aromatic rings. The number of rotatable bonds is 2. The zero-order valence-corrected chi connectivity index (χ0v) is 6.60. The summed E-state index contributed by atoms with van der Waals surface area (Å²) in [6.45, 7) is 0. The zero-order chi connectivity index (χ0) is 9.90. The molecular weight excluding hydrogens is 179 g/mol. The van der Waals surface area contributed by atoms with E-state index in [1.54, 1.807) is 0 Å². The molecule has 1 aromatic carbocycles. The molecule has 13 heavy (non-hydrogen) atoms. The first-order valence-corrected chi connectivity index (χ1v) is 3.57. The van der Waals surface area contributed by atoms with E-state index in [-0.39, 0.29) is 5.56 Å². The maximum atomic E-state index is 12.9.